The van der Waals surface area contributed by atoms with Crippen molar-refractivity contribution in [3.8, 4) is 5.75 Å². The maximum atomic E-state index is 9.07. The van der Waals surface area contributed by atoms with E-state index in [4.69, 9.17) is 14.8 Å². The highest BCUT2D eigenvalue weighted by atomic mass is 16.5. The molecule has 0 aliphatic heterocycles. The van der Waals surface area contributed by atoms with Crippen LogP contribution in [0.3, 0.4) is 0 Å². The number of aromatic nitrogens is 2. The lowest BCUT2D eigenvalue weighted by Gasteiger charge is -2.06. The van der Waals surface area contributed by atoms with Crippen LogP contribution in [0.1, 0.15) is 0 Å². The molecule has 1 heterocycles. The zero-order valence-electron chi connectivity index (χ0n) is 7.56. The molecule has 3 N–H and O–H groups in total. The predicted octanol–water partition coefficient (Wildman–Crippen LogP) is -0.749. The molecule has 6 heteroatoms. The second kappa shape index (κ2) is 3.32. The van der Waals surface area contributed by atoms with Gasteiger partial charge in [0.15, 0.2) is 0 Å². The van der Waals surface area contributed by atoms with Gasteiger partial charge in [-0.2, -0.15) is 0 Å². The molecule has 0 atom stereocenters. The van der Waals surface area contributed by atoms with E-state index in [-0.39, 0.29) is 0 Å². The normalized spacial score (nSPS) is 10.5. The van der Waals surface area contributed by atoms with E-state index < -0.39 is 7.12 Å². The quantitative estimate of drug-likeness (QED) is 0.547. The summed E-state index contributed by atoms with van der Waals surface area (Å²) >= 11 is 0. The summed E-state index contributed by atoms with van der Waals surface area (Å²) in [6.07, 6.45) is 1.54. The first-order valence-electron chi connectivity index (χ1n) is 4.09. The van der Waals surface area contributed by atoms with Crippen LogP contribution in [0.4, 0.5) is 0 Å². The number of nitrogens with zero attached hydrogens (tertiary/aromatic N) is 1. The molecule has 0 amide bonds. The molecule has 5 nitrogen and oxygen atoms in total. The Kier molecular flexibility index (Phi) is 2.15. The molecule has 0 aliphatic rings. The molecule has 2 aromatic rings. The highest BCUT2D eigenvalue weighted by Crippen LogP contribution is 2.15. The molecular weight excluding hydrogens is 183 g/mol. The Hall–Kier alpha value is -1.53. The van der Waals surface area contributed by atoms with E-state index in [1.807, 2.05) is 0 Å². The third-order valence-corrected chi connectivity index (χ3v) is 2.05. The van der Waals surface area contributed by atoms with Crippen LogP contribution in [-0.4, -0.2) is 34.2 Å². The van der Waals surface area contributed by atoms with Crippen molar-refractivity contribution >= 4 is 23.6 Å². The fraction of sp³-hybridized carbons (Fsp3) is 0.125. The monoisotopic (exact) mass is 192 g/mol. The summed E-state index contributed by atoms with van der Waals surface area (Å²) in [5, 5.41) is 18.1. The summed E-state index contributed by atoms with van der Waals surface area (Å²) in [4.78, 5) is 6.91. The van der Waals surface area contributed by atoms with Crippen LogP contribution >= 0.6 is 0 Å². The predicted molar refractivity (Wildman–Crippen MR) is 52.5 cm³/mol. The second-order valence-electron chi connectivity index (χ2n) is 2.89. The molecule has 72 valence electrons. The van der Waals surface area contributed by atoms with Gasteiger partial charge in [0.25, 0.3) is 0 Å². The van der Waals surface area contributed by atoms with Gasteiger partial charge >= 0.3 is 7.12 Å². The molecule has 0 aliphatic carbocycles. The minimum absolute atomic E-state index is 0.323. The number of ether oxygens (including phenoxy) is 1. The fourth-order valence-corrected chi connectivity index (χ4v) is 1.36. The van der Waals surface area contributed by atoms with Crippen molar-refractivity contribution in [3.05, 3.63) is 18.5 Å². The van der Waals surface area contributed by atoms with Crippen LogP contribution in [0.2, 0.25) is 0 Å². The van der Waals surface area contributed by atoms with Crippen molar-refractivity contribution in [3.63, 3.8) is 0 Å². The highest BCUT2D eigenvalue weighted by Gasteiger charge is 2.18. The van der Waals surface area contributed by atoms with E-state index in [0.29, 0.717) is 11.2 Å². The number of benzene rings is 1. The van der Waals surface area contributed by atoms with Crippen molar-refractivity contribution in [2.45, 2.75) is 0 Å². The third kappa shape index (κ3) is 1.34. The van der Waals surface area contributed by atoms with Crippen LogP contribution in [0, 0.1) is 0 Å². The van der Waals surface area contributed by atoms with Gasteiger partial charge in [-0.25, -0.2) is 4.98 Å². The number of hydrogen-bond acceptors (Lipinski definition) is 4. The molecule has 1 aromatic carbocycles. The molecular formula is C8H9BN2O3. The minimum atomic E-state index is -1.54. The molecule has 1 aromatic heterocycles. The number of imidazole rings is 1. The Balaban J connectivity index is 2.66. The van der Waals surface area contributed by atoms with E-state index in [9.17, 15) is 0 Å². The minimum Gasteiger partial charge on any atom is -0.497 e. The van der Waals surface area contributed by atoms with E-state index in [2.05, 4.69) is 9.97 Å². The van der Waals surface area contributed by atoms with Crippen LogP contribution < -0.4 is 10.2 Å². The van der Waals surface area contributed by atoms with Crippen LogP contribution in [-0.2, 0) is 0 Å². The number of aromatic amines is 1. The zero-order chi connectivity index (χ0) is 10.1. The average Bonchev–Trinajstić information content (AvgIpc) is 2.62. The van der Waals surface area contributed by atoms with Crippen molar-refractivity contribution in [1.29, 1.82) is 0 Å². The van der Waals surface area contributed by atoms with Gasteiger partial charge in [0.1, 0.15) is 5.75 Å². The molecule has 0 saturated carbocycles. The first kappa shape index (κ1) is 9.05. The average molecular weight is 192 g/mol. The largest absolute Gasteiger partial charge is 0.497 e. The van der Waals surface area contributed by atoms with E-state index >= 15 is 0 Å². The maximum Gasteiger partial charge on any atom is 0.492 e. The number of methoxy groups -OCH3 is 1. The van der Waals surface area contributed by atoms with Gasteiger partial charge in [-0.1, -0.05) is 0 Å². The Morgan fingerprint density at radius 3 is 2.86 bits per heavy atom. The Morgan fingerprint density at radius 1 is 1.43 bits per heavy atom. The first-order chi connectivity index (χ1) is 6.72. The molecule has 0 saturated heterocycles. The van der Waals surface area contributed by atoms with Gasteiger partial charge < -0.3 is 19.8 Å². The highest BCUT2D eigenvalue weighted by molar-refractivity contribution is 6.60. The Morgan fingerprint density at radius 2 is 2.21 bits per heavy atom. The van der Waals surface area contributed by atoms with Crippen molar-refractivity contribution in [1.82, 2.24) is 9.97 Å². The molecule has 14 heavy (non-hydrogen) atoms. The van der Waals surface area contributed by atoms with Crippen LogP contribution in [0.15, 0.2) is 18.5 Å². The number of hydrogen-bond donors (Lipinski definition) is 3. The van der Waals surface area contributed by atoms with Crippen molar-refractivity contribution < 1.29 is 14.8 Å². The van der Waals surface area contributed by atoms with Gasteiger partial charge in [0.05, 0.1) is 24.5 Å². The molecule has 2 rings (SSSR count). The lowest BCUT2D eigenvalue weighted by atomic mass is 9.79. The number of H-pyrrole nitrogens is 1. The van der Waals surface area contributed by atoms with Crippen LogP contribution in [0.5, 0.6) is 5.75 Å². The van der Waals surface area contributed by atoms with Gasteiger partial charge in [0.2, 0.25) is 0 Å². The van der Waals surface area contributed by atoms with Gasteiger partial charge in [-0.05, 0) is 6.07 Å². The van der Waals surface area contributed by atoms with Gasteiger partial charge in [-0.15, -0.1) is 0 Å². The topological polar surface area (TPSA) is 78.4 Å². The smallest absolute Gasteiger partial charge is 0.492 e. The SMILES string of the molecule is COc1cc2nc[nH]c2cc1B(O)O. The van der Waals surface area contributed by atoms with E-state index in [1.165, 1.54) is 13.4 Å². The van der Waals surface area contributed by atoms with Crippen molar-refractivity contribution in [2.24, 2.45) is 0 Å². The lowest BCUT2D eigenvalue weighted by molar-refractivity contribution is 0.403. The second-order valence-corrected chi connectivity index (χ2v) is 2.89. The van der Waals surface area contributed by atoms with Crippen LogP contribution in [0.25, 0.3) is 11.0 Å². The lowest BCUT2D eigenvalue weighted by Crippen LogP contribution is -2.31. The Bertz CT molecular complexity index is 455. The summed E-state index contributed by atoms with van der Waals surface area (Å²) in [6.45, 7) is 0. The summed E-state index contributed by atoms with van der Waals surface area (Å²) in [7, 11) is -0.0719. The molecule has 0 unspecified atom stereocenters. The fourth-order valence-electron chi connectivity index (χ4n) is 1.36. The third-order valence-electron chi connectivity index (χ3n) is 2.05. The zero-order valence-corrected chi connectivity index (χ0v) is 7.56. The summed E-state index contributed by atoms with van der Waals surface area (Å²) in [5.41, 5.74) is 1.80. The summed E-state index contributed by atoms with van der Waals surface area (Å²) in [6, 6.07) is 3.26. The number of rotatable bonds is 2. The maximum absolute atomic E-state index is 9.07. The van der Waals surface area contributed by atoms with Gasteiger partial charge in [0, 0.05) is 11.5 Å². The van der Waals surface area contributed by atoms with E-state index in [0.717, 1.165) is 11.0 Å². The number of nitrogens with one attached hydrogen (secondary N) is 1. The molecule has 0 fully saturated rings. The summed E-state index contributed by atoms with van der Waals surface area (Å²) in [5.74, 6) is 0.416. The van der Waals surface area contributed by atoms with E-state index in [1.54, 1.807) is 12.1 Å². The molecule has 0 bridgehead atoms. The Labute approximate surface area is 80.5 Å². The summed E-state index contributed by atoms with van der Waals surface area (Å²) < 4.78 is 5.01. The standard InChI is InChI=1S/C8H9BN2O3/c1-14-8-3-7-6(10-4-11-7)2-5(8)9(12)13/h2-4,12-13H,1H3,(H,10,11). The van der Waals surface area contributed by atoms with Crippen molar-refractivity contribution in [2.75, 3.05) is 7.11 Å². The van der Waals surface area contributed by atoms with Gasteiger partial charge in [-0.3, -0.25) is 0 Å². The number of fused-ring (bicyclic) bond motifs is 1. The molecule has 0 radical (unpaired) electrons. The first-order valence-corrected chi connectivity index (χ1v) is 4.09. The molecule has 0 spiro atoms.